The molecular weight excluding hydrogens is 411 g/mol. The molecule has 2 aromatic rings. The first kappa shape index (κ1) is 21.1. The number of carbonyl (C=O) groups is 2. The van der Waals surface area contributed by atoms with Crippen LogP contribution in [0.5, 0.6) is 0 Å². The van der Waals surface area contributed by atoms with Crippen LogP contribution in [0.15, 0.2) is 24.4 Å². The number of halogens is 1. The van der Waals surface area contributed by atoms with E-state index in [9.17, 15) is 14.0 Å². The molecule has 170 valence electrons. The standard InChI is InChI=1S/C24H29FN4O3/c1-15-13-29(14-16(2)32-15)22-19-11-18(25)5-6-21(19)26-12-20(22)24(31)28-9-7-27(8-10-28)23(30)17-3-4-17/h5-6,11-12,15-17H,3-4,7-10,13-14H2,1-2H3/t15-,16+. The molecule has 32 heavy (non-hydrogen) atoms. The largest absolute Gasteiger partial charge is 0.372 e. The van der Waals surface area contributed by atoms with Crippen LogP contribution >= 0.6 is 0 Å². The SMILES string of the molecule is C[C@@H]1CN(c2c(C(=O)N3CCN(C(=O)C4CC4)CC3)cnc3ccc(F)cc23)C[C@H](C)O1. The maximum absolute atomic E-state index is 14.2. The van der Waals surface area contributed by atoms with Crippen LogP contribution in [0.1, 0.15) is 37.0 Å². The average molecular weight is 441 g/mol. The molecule has 5 rings (SSSR count). The lowest BCUT2D eigenvalue weighted by Crippen LogP contribution is -2.51. The first-order valence-electron chi connectivity index (χ1n) is 11.5. The molecule has 0 spiro atoms. The molecule has 0 bridgehead atoms. The third-order valence-corrected chi connectivity index (χ3v) is 6.57. The van der Waals surface area contributed by atoms with Gasteiger partial charge in [-0.3, -0.25) is 14.6 Å². The third-order valence-electron chi connectivity index (χ3n) is 6.57. The van der Waals surface area contributed by atoms with Gasteiger partial charge in [0.25, 0.3) is 5.91 Å². The van der Waals surface area contributed by atoms with E-state index in [1.807, 2.05) is 18.7 Å². The van der Waals surface area contributed by atoms with Crippen LogP contribution in [0.25, 0.3) is 10.9 Å². The zero-order valence-electron chi connectivity index (χ0n) is 18.6. The molecule has 7 nitrogen and oxygen atoms in total. The van der Waals surface area contributed by atoms with Crippen molar-refractivity contribution in [2.45, 2.75) is 38.9 Å². The molecule has 1 aromatic carbocycles. The van der Waals surface area contributed by atoms with Crippen LogP contribution in [0.2, 0.25) is 0 Å². The molecule has 1 saturated carbocycles. The minimum atomic E-state index is -0.355. The second-order valence-electron chi connectivity index (χ2n) is 9.24. The van der Waals surface area contributed by atoms with Crippen molar-refractivity contribution >= 4 is 28.4 Å². The number of aromatic nitrogens is 1. The summed E-state index contributed by atoms with van der Waals surface area (Å²) in [5.74, 6) is -0.0682. The van der Waals surface area contributed by atoms with Gasteiger partial charge in [0.1, 0.15) is 5.82 Å². The Hall–Kier alpha value is -2.74. The van der Waals surface area contributed by atoms with Crippen LogP contribution in [0, 0.1) is 11.7 Å². The molecule has 2 atom stereocenters. The summed E-state index contributed by atoms with van der Waals surface area (Å²) in [4.78, 5) is 36.2. The van der Waals surface area contributed by atoms with E-state index in [0.717, 1.165) is 18.5 Å². The van der Waals surface area contributed by atoms with Gasteiger partial charge in [0.2, 0.25) is 5.91 Å². The first-order chi connectivity index (χ1) is 15.4. The highest BCUT2D eigenvalue weighted by atomic mass is 19.1. The van der Waals surface area contributed by atoms with Gasteiger partial charge in [-0.2, -0.15) is 0 Å². The van der Waals surface area contributed by atoms with Crippen LogP contribution < -0.4 is 4.90 Å². The Morgan fingerprint density at radius 1 is 1.03 bits per heavy atom. The maximum atomic E-state index is 14.2. The molecule has 1 aromatic heterocycles. The maximum Gasteiger partial charge on any atom is 0.257 e. The van der Waals surface area contributed by atoms with Gasteiger partial charge in [0.15, 0.2) is 0 Å². The Kier molecular flexibility index (Phi) is 5.49. The molecule has 8 heteroatoms. The van der Waals surface area contributed by atoms with Crippen LogP contribution in [0.3, 0.4) is 0 Å². The topological polar surface area (TPSA) is 66.0 Å². The van der Waals surface area contributed by atoms with Crippen LogP contribution in [-0.2, 0) is 9.53 Å². The van der Waals surface area contributed by atoms with Crippen molar-refractivity contribution in [3.8, 4) is 0 Å². The zero-order chi connectivity index (χ0) is 22.4. The molecule has 0 radical (unpaired) electrons. The first-order valence-corrected chi connectivity index (χ1v) is 11.5. The predicted octanol–water partition coefficient (Wildman–Crippen LogP) is 2.68. The molecule has 1 aliphatic carbocycles. The van der Waals surface area contributed by atoms with Gasteiger partial charge in [0, 0.05) is 56.8 Å². The van der Waals surface area contributed by atoms with Crippen LogP contribution in [0.4, 0.5) is 10.1 Å². The average Bonchev–Trinajstić information content (AvgIpc) is 3.62. The molecule has 2 saturated heterocycles. The van der Waals surface area contributed by atoms with Crippen molar-refractivity contribution in [2.24, 2.45) is 5.92 Å². The number of nitrogens with zero attached hydrogens (tertiary/aromatic N) is 4. The number of anilines is 1. The van der Waals surface area contributed by atoms with E-state index in [1.165, 1.54) is 12.1 Å². The van der Waals surface area contributed by atoms with Crippen LogP contribution in [-0.4, -0.2) is 78.1 Å². The summed E-state index contributed by atoms with van der Waals surface area (Å²) in [6.07, 6.45) is 3.57. The summed E-state index contributed by atoms with van der Waals surface area (Å²) < 4.78 is 20.1. The summed E-state index contributed by atoms with van der Waals surface area (Å²) in [5, 5.41) is 0.639. The van der Waals surface area contributed by atoms with Gasteiger partial charge in [-0.05, 0) is 44.9 Å². The number of carbonyl (C=O) groups excluding carboxylic acids is 2. The summed E-state index contributed by atoms with van der Waals surface area (Å²) in [6.45, 7) is 7.33. The molecule has 0 unspecified atom stereocenters. The molecule has 2 amide bonds. The normalized spacial score (nSPS) is 24.2. The monoisotopic (exact) mass is 440 g/mol. The zero-order valence-corrected chi connectivity index (χ0v) is 18.6. The van der Waals surface area contributed by atoms with E-state index in [0.29, 0.717) is 55.7 Å². The second-order valence-corrected chi connectivity index (χ2v) is 9.24. The van der Waals surface area contributed by atoms with E-state index in [4.69, 9.17) is 4.74 Å². The van der Waals surface area contributed by atoms with E-state index >= 15 is 0 Å². The van der Waals surface area contributed by atoms with E-state index in [1.54, 1.807) is 17.2 Å². The highest BCUT2D eigenvalue weighted by molar-refractivity contribution is 6.07. The van der Waals surface area contributed by atoms with Crippen molar-refractivity contribution in [2.75, 3.05) is 44.2 Å². The van der Waals surface area contributed by atoms with Gasteiger partial charge >= 0.3 is 0 Å². The quantitative estimate of drug-likeness (QED) is 0.734. The van der Waals surface area contributed by atoms with E-state index < -0.39 is 0 Å². The summed E-state index contributed by atoms with van der Waals surface area (Å²) in [7, 11) is 0. The minimum Gasteiger partial charge on any atom is -0.372 e. The lowest BCUT2D eigenvalue weighted by molar-refractivity contribution is -0.134. The number of hydrogen-bond donors (Lipinski definition) is 0. The Morgan fingerprint density at radius 2 is 1.69 bits per heavy atom. The van der Waals surface area contributed by atoms with Crippen molar-refractivity contribution < 1.29 is 18.7 Å². The van der Waals surface area contributed by atoms with Gasteiger partial charge in [-0.25, -0.2) is 4.39 Å². The fraction of sp³-hybridized carbons (Fsp3) is 0.542. The number of piperazine rings is 1. The van der Waals surface area contributed by atoms with Crippen molar-refractivity contribution in [3.63, 3.8) is 0 Å². The number of hydrogen-bond acceptors (Lipinski definition) is 5. The summed E-state index contributed by atoms with van der Waals surface area (Å²) >= 11 is 0. The fourth-order valence-corrected chi connectivity index (χ4v) is 4.90. The van der Waals surface area contributed by atoms with Crippen molar-refractivity contribution in [3.05, 3.63) is 35.8 Å². The van der Waals surface area contributed by atoms with Gasteiger partial charge in [-0.15, -0.1) is 0 Å². The Morgan fingerprint density at radius 3 is 2.34 bits per heavy atom. The number of benzene rings is 1. The highest BCUT2D eigenvalue weighted by Gasteiger charge is 2.36. The molecule has 0 N–H and O–H groups in total. The molecule has 3 fully saturated rings. The Balaban J connectivity index is 1.46. The van der Waals surface area contributed by atoms with Gasteiger partial charge in [0.05, 0.1) is 29.0 Å². The van der Waals surface area contributed by atoms with Gasteiger partial charge < -0.3 is 19.4 Å². The summed E-state index contributed by atoms with van der Waals surface area (Å²) in [5.41, 5.74) is 1.86. The number of rotatable bonds is 3. The highest BCUT2D eigenvalue weighted by Crippen LogP contribution is 2.34. The van der Waals surface area contributed by atoms with E-state index in [-0.39, 0.29) is 35.8 Å². The molecular formula is C24H29FN4O3. The Labute approximate surface area is 187 Å². The van der Waals surface area contributed by atoms with Gasteiger partial charge in [-0.1, -0.05) is 0 Å². The number of amides is 2. The number of fused-ring (bicyclic) bond motifs is 1. The minimum absolute atomic E-state index is 0.00421. The lowest BCUT2D eigenvalue weighted by atomic mass is 10.0. The predicted molar refractivity (Wildman–Crippen MR) is 119 cm³/mol. The lowest BCUT2D eigenvalue weighted by Gasteiger charge is -2.39. The van der Waals surface area contributed by atoms with E-state index in [2.05, 4.69) is 9.88 Å². The molecule has 3 heterocycles. The number of pyridine rings is 1. The second kappa shape index (κ2) is 8.31. The summed E-state index contributed by atoms with van der Waals surface area (Å²) in [6, 6.07) is 4.50. The Bertz CT molecular complexity index is 1040. The smallest absolute Gasteiger partial charge is 0.257 e. The number of ether oxygens (including phenoxy) is 1. The molecule has 2 aliphatic heterocycles. The van der Waals surface area contributed by atoms with Crippen molar-refractivity contribution in [1.82, 2.24) is 14.8 Å². The third kappa shape index (κ3) is 4.03. The molecule has 3 aliphatic rings. The number of morpholine rings is 1. The van der Waals surface area contributed by atoms with Crippen molar-refractivity contribution in [1.29, 1.82) is 0 Å². The fourth-order valence-electron chi connectivity index (χ4n) is 4.90.